The third-order valence-electron chi connectivity index (χ3n) is 2.36. The molecule has 1 aliphatic rings. The number of amides is 1. The van der Waals surface area contributed by atoms with Crippen molar-refractivity contribution in [3.63, 3.8) is 0 Å². The molecule has 0 bridgehead atoms. The van der Waals surface area contributed by atoms with Crippen molar-refractivity contribution < 1.29 is 18.3 Å². The zero-order valence-corrected chi connectivity index (χ0v) is 12.7. The summed E-state index contributed by atoms with van der Waals surface area (Å²) in [7, 11) is 0. The molecule has 1 N–H and O–H groups in total. The van der Waals surface area contributed by atoms with E-state index in [4.69, 9.17) is 0 Å². The van der Waals surface area contributed by atoms with Crippen molar-refractivity contribution in [3.8, 4) is 0 Å². The first-order chi connectivity index (χ1) is 7.90. The number of nitrogens with one attached hydrogen (secondary N) is 1. The fourth-order valence-electron chi connectivity index (χ4n) is 1.53. The summed E-state index contributed by atoms with van der Waals surface area (Å²) in [5, 5.41) is 2.12. The minimum absolute atomic E-state index is 0. The van der Waals surface area contributed by atoms with Gasteiger partial charge in [-0.3, -0.25) is 0 Å². The molecule has 1 fully saturated rings. The lowest BCUT2D eigenvalue weighted by atomic mass is 10.0. The first-order valence-corrected chi connectivity index (χ1v) is 6.25. The van der Waals surface area contributed by atoms with Crippen LogP contribution < -0.4 is 5.32 Å². The van der Waals surface area contributed by atoms with Crippen LogP contribution in [-0.2, 0) is 4.74 Å². The molecular formula is C10H8Br2ClF2NO2. The maximum atomic E-state index is 13.6. The van der Waals surface area contributed by atoms with Gasteiger partial charge in [0, 0.05) is 8.95 Å². The van der Waals surface area contributed by atoms with Crippen LogP contribution in [0.25, 0.3) is 0 Å². The van der Waals surface area contributed by atoms with Crippen molar-refractivity contribution in [3.05, 3.63) is 32.7 Å². The molecule has 0 aliphatic carbocycles. The lowest BCUT2D eigenvalue weighted by molar-refractivity contribution is -0.104. The molecule has 0 radical (unpaired) electrons. The third-order valence-corrected chi connectivity index (χ3v) is 4.24. The number of alkyl halides is 2. The van der Waals surface area contributed by atoms with Gasteiger partial charge in [-0.1, -0.05) is 6.07 Å². The highest BCUT2D eigenvalue weighted by molar-refractivity contribution is 9.13. The second kappa shape index (κ2) is 5.71. The van der Waals surface area contributed by atoms with Gasteiger partial charge in [0.2, 0.25) is 0 Å². The van der Waals surface area contributed by atoms with Crippen LogP contribution in [-0.4, -0.2) is 18.6 Å². The van der Waals surface area contributed by atoms with Gasteiger partial charge in [0.1, 0.15) is 6.04 Å². The molecular weight excluding hydrogens is 399 g/mol. The minimum Gasteiger partial charge on any atom is -0.443 e. The molecule has 1 aliphatic heterocycles. The molecule has 1 aromatic rings. The fourth-order valence-corrected chi connectivity index (χ4v) is 2.17. The van der Waals surface area contributed by atoms with E-state index in [1.165, 1.54) is 12.1 Å². The summed E-state index contributed by atoms with van der Waals surface area (Å²) < 4.78 is 32.9. The van der Waals surface area contributed by atoms with Gasteiger partial charge in [-0.25, -0.2) is 13.6 Å². The quantitative estimate of drug-likeness (QED) is 0.763. The van der Waals surface area contributed by atoms with E-state index in [2.05, 4.69) is 41.9 Å². The average molecular weight is 407 g/mol. The Morgan fingerprint density at radius 2 is 2.00 bits per heavy atom. The van der Waals surface area contributed by atoms with E-state index in [0.717, 1.165) is 4.47 Å². The number of hydrogen-bond donors (Lipinski definition) is 1. The van der Waals surface area contributed by atoms with Crippen molar-refractivity contribution in [1.29, 1.82) is 0 Å². The molecule has 1 amide bonds. The second-order valence-corrected chi connectivity index (χ2v) is 5.30. The SMILES string of the molecule is Cl.O=C1N[C@@H](c2ccc(Br)c(Br)c2)C(F)(F)CO1. The van der Waals surface area contributed by atoms with Crippen LogP contribution in [0.4, 0.5) is 13.6 Å². The number of carbonyl (C=O) groups excluding carboxylic acids is 1. The number of halogens is 5. The molecule has 1 heterocycles. The Bertz CT molecular complexity index is 473. The Hall–Kier alpha value is -0.400. The number of hydrogen-bond acceptors (Lipinski definition) is 2. The summed E-state index contributed by atoms with van der Waals surface area (Å²) in [4.78, 5) is 11.0. The van der Waals surface area contributed by atoms with Gasteiger partial charge in [0.25, 0.3) is 0 Å². The summed E-state index contributed by atoms with van der Waals surface area (Å²) in [6.07, 6.45) is -0.833. The molecule has 2 rings (SSSR count). The number of ether oxygens (including phenoxy) is 1. The maximum absolute atomic E-state index is 13.6. The van der Waals surface area contributed by atoms with E-state index in [-0.39, 0.29) is 12.4 Å². The number of alkyl carbamates (subject to hydrolysis) is 1. The summed E-state index contributed by atoms with van der Waals surface area (Å²) in [6.45, 7) is -0.906. The maximum Gasteiger partial charge on any atom is 0.408 e. The zero-order chi connectivity index (χ0) is 12.6. The molecule has 0 saturated carbocycles. The molecule has 0 unspecified atom stereocenters. The Morgan fingerprint density at radius 3 is 2.61 bits per heavy atom. The van der Waals surface area contributed by atoms with Crippen molar-refractivity contribution in [2.24, 2.45) is 0 Å². The largest absolute Gasteiger partial charge is 0.443 e. The Morgan fingerprint density at radius 1 is 1.33 bits per heavy atom. The molecule has 0 spiro atoms. The fraction of sp³-hybridized carbons (Fsp3) is 0.300. The predicted octanol–water partition coefficient (Wildman–Crippen LogP) is 4.05. The van der Waals surface area contributed by atoms with Crippen LogP contribution in [0.15, 0.2) is 27.1 Å². The van der Waals surface area contributed by atoms with Gasteiger partial charge < -0.3 is 10.1 Å². The Balaban J connectivity index is 0.00000162. The lowest BCUT2D eigenvalue weighted by Gasteiger charge is -2.31. The Labute approximate surface area is 125 Å². The predicted molar refractivity (Wildman–Crippen MR) is 71.3 cm³/mol. The van der Waals surface area contributed by atoms with Crippen LogP contribution in [0.1, 0.15) is 11.6 Å². The monoisotopic (exact) mass is 405 g/mol. The number of cyclic esters (lactones) is 1. The summed E-state index contributed by atoms with van der Waals surface area (Å²) in [5.74, 6) is -3.12. The number of rotatable bonds is 1. The zero-order valence-electron chi connectivity index (χ0n) is 8.75. The van der Waals surface area contributed by atoms with Crippen LogP contribution in [0.5, 0.6) is 0 Å². The number of benzene rings is 1. The van der Waals surface area contributed by atoms with E-state index < -0.39 is 24.7 Å². The van der Waals surface area contributed by atoms with Crippen molar-refractivity contribution in [2.45, 2.75) is 12.0 Å². The van der Waals surface area contributed by atoms with Crippen molar-refractivity contribution in [2.75, 3.05) is 6.61 Å². The van der Waals surface area contributed by atoms with Crippen LogP contribution in [0.3, 0.4) is 0 Å². The van der Waals surface area contributed by atoms with Gasteiger partial charge in [-0.05, 0) is 49.6 Å². The highest BCUT2D eigenvalue weighted by Crippen LogP contribution is 2.36. The first-order valence-electron chi connectivity index (χ1n) is 4.66. The highest BCUT2D eigenvalue weighted by Gasteiger charge is 2.46. The third kappa shape index (κ3) is 3.13. The molecule has 100 valence electrons. The minimum atomic E-state index is -3.12. The lowest BCUT2D eigenvalue weighted by Crippen LogP contribution is -2.49. The van der Waals surface area contributed by atoms with Crippen LogP contribution >= 0.6 is 44.3 Å². The molecule has 8 heteroatoms. The first kappa shape index (κ1) is 15.7. The number of carbonyl (C=O) groups is 1. The van der Waals surface area contributed by atoms with Crippen molar-refractivity contribution in [1.82, 2.24) is 5.32 Å². The molecule has 3 nitrogen and oxygen atoms in total. The van der Waals surface area contributed by atoms with E-state index in [9.17, 15) is 13.6 Å². The second-order valence-electron chi connectivity index (χ2n) is 3.59. The van der Waals surface area contributed by atoms with E-state index in [1.54, 1.807) is 6.07 Å². The van der Waals surface area contributed by atoms with Gasteiger partial charge in [-0.15, -0.1) is 12.4 Å². The Kier molecular flexibility index (Phi) is 4.97. The van der Waals surface area contributed by atoms with E-state index in [1.807, 2.05) is 0 Å². The normalized spacial score (nSPS) is 21.6. The summed E-state index contributed by atoms with van der Waals surface area (Å²) in [6, 6.07) is 3.33. The van der Waals surface area contributed by atoms with Crippen LogP contribution in [0, 0.1) is 0 Å². The molecule has 1 atom stereocenters. The molecule has 1 aromatic carbocycles. The molecule has 0 aromatic heterocycles. The summed E-state index contributed by atoms with van der Waals surface area (Å²) in [5.41, 5.74) is 0.321. The van der Waals surface area contributed by atoms with Crippen LogP contribution in [0.2, 0.25) is 0 Å². The van der Waals surface area contributed by atoms with Gasteiger partial charge in [0.05, 0.1) is 0 Å². The molecule has 1 saturated heterocycles. The highest BCUT2D eigenvalue weighted by atomic mass is 79.9. The summed E-state index contributed by atoms with van der Waals surface area (Å²) >= 11 is 6.48. The van der Waals surface area contributed by atoms with Crippen molar-refractivity contribution >= 4 is 50.4 Å². The van der Waals surface area contributed by atoms with E-state index in [0.29, 0.717) is 10.0 Å². The smallest absolute Gasteiger partial charge is 0.408 e. The van der Waals surface area contributed by atoms with E-state index >= 15 is 0 Å². The van der Waals surface area contributed by atoms with Gasteiger partial charge in [0.15, 0.2) is 6.61 Å². The molecule has 18 heavy (non-hydrogen) atoms. The van der Waals surface area contributed by atoms with Gasteiger partial charge >= 0.3 is 12.0 Å². The topological polar surface area (TPSA) is 38.3 Å². The average Bonchev–Trinajstić information content (AvgIpc) is 2.26. The van der Waals surface area contributed by atoms with Gasteiger partial charge in [-0.2, -0.15) is 0 Å². The standard InChI is InChI=1S/C10H7Br2F2NO2.ClH/c11-6-2-1-5(3-7(6)12)8-10(13,14)4-17-9(16)15-8;/h1-3,8H,4H2,(H,15,16);1H/t8-;/m0./s1.